The lowest BCUT2D eigenvalue weighted by Crippen LogP contribution is -2.37. The number of fused-ring (bicyclic) bond motifs is 2. The van der Waals surface area contributed by atoms with Crippen LogP contribution in [0.2, 0.25) is 5.02 Å². The molecule has 212 valence electrons. The summed E-state index contributed by atoms with van der Waals surface area (Å²) in [6, 6.07) is 7.40. The highest BCUT2D eigenvalue weighted by molar-refractivity contribution is 7.98. The zero-order chi connectivity index (χ0) is 29.1. The Balaban J connectivity index is 1.33. The van der Waals surface area contributed by atoms with Gasteiger partial charge in [-0.05, 0) is 63.8 Å². The van der Waals surface area contributed by atoms with Crippen LogP contribution in [0.3, 0.4) is 0 Å². The van der Waals surface area contributed by atoms with Gasteiger partial charge in [-0.25, -0.2) is 19.7 Å². The molecule has 0 bridgehead atoms. The maximum atomic E-state index is 14.1. The fourth-order valence-electron chi connectivity index (χ4n) is 5.71. The van der Waals surface area contributed by atoms with Gasteiger partial charge in [0.15, 0.2) is 5.16 Å². The molecule has 4 aromatic rings. The largest absolute Gasteiger partial charge is 0.444 e. The number of pyridine rings is 1. The lowest BCUT2D eigenvalue weighted by molar-refractivity contribution is 0.0264. The van der Waals surface area contributed by atoms with Crippen LogP contribution in [-0.4, -0.2) is 60.4 Å². The van der Waals surface area contributed by atoms with Gasteiger partial charge in [-0.1, -0.05) is 35.5 Å². The van der Waals surface area contributed by atoms with Crippen molar-refractivity contribution in [3.63, 3.8) is 0 Å². The summed E-state index contributed by atoms with van der Waals surface area (Å²) in [5.41, 5.74) is 3.40. The molecule has 41 heavy (non-hydrogen) atoms. The molecule has 3 atom stereocenters. The topological polar surface area (TPSA) is 103 Å². The highest BCUT2D eigenvalue weighted by atomic mass is 35.5. The summed E-state index contributed by atoms with van der Waals surface area (Å²) >= 11 is 8.22. The molecule has 0 spiro atoms. The maximum absolute atomic E-state index is 14.1. The van der Waals surface area contributed by atoms with Crippen molar-refractivity contribution >= 4 is 40.5 Å². The second-order valence-electron chi connectivity index (χ2n) is 11.7. The van der Waals surface area contributed by atoms with Crippen molar-refractivity contribution in [3.8, 4) is 22.4 Å². The molecule has 9 nitrogen and oxygen atoms in total. The Morgan fingerprint density at radius 3 is 2.51 bits per heavy atom. The average molecular weight is 591 g/mol. The summed E-state index contributed by atoms with van der Waals surface area (Å²) in [5.74, 6) is 0.928. The number of aryl methyl sites for hydroxylation is 1. The monoisotopic (exact) mass is 590 g/mol. The highest BCUT2D eigenvalue weighted by Crippen LogP contribution is 2.52. The van der Waals surface area contributed by atoms with E-state index in [9.17, 15) is 9.59 Å². The third-order valence-electron chi connectivity index (χ3n) is 7.71. The van der Waals surface area contributed by atoms with Crippen molar-refractivity contribution in [2.75, 3.05) is 19.3 Å². The average Bonchev–Trinajstić information content (AvgIpc) is 3.35. The Labute approximate surface area is 247 Å². The number of rotatable bonds is 5. The van der Waals surface area contributed by atoms with Crippen LogP contribution in [0.1, 0.15) is 26.5 Å². The van der Waals surface area contributed by atoms with E-state index in [2.05, 4.69) is 15.0 Å². The highest BCUT2D eigenvalue weighted by Gasteiger charge is 2.57. The molecule has 2 fully saturated rings. The molecule has 1 saturated heterocycles. The van der Waals surface area contributed by atoms with Crippen LogP contribution in [-0.2, 0) is 11.3 Å². The van der Waals surface area contributed by atoms with E-state index >= 15 is 0 Å². The van der Waals surface area contributed by atoms with E-state index < -0.39 is 5.60 Å². The first kappa shape index (κ1) is 27.7. The van der Waals surface area contributed by atoms with Gasteiger partial charge in [0.05, 0.1) is 17.6 Å². The molecule has 11 heteroatoms. The van der Waals surface area contributed by atoms with Crippen molar-refractivity contribution in [2.24, 2.45) is 17.8 Å². The number of benzene rings is 1. The number of amides is 1. The van der Waals surface area contributed by atoms with Gasteiger partial charge in [0.1, 0.15) is 11.2 Å². The van der Waals surface area contributed by atoms with Crippen LogP contribution in [0.15, 0.2) is 52.8 Å². The number of carbonyl (C=O) groups is 1. The predicted molar refractivity (Wildman–Crippen MR) is 160 cm³/mol. The summed E-state index contributed by atoms with van der Waals surface area (Å²) in [6.45, 7) is 9.29. The Kier molecular flexibility index (Phi) is 7.02. The number of halogens is 1. The summed E-state index contributed by atoms with van der Waals surface area (Å²) in [7, 11) is 0. The number of hydrogen-bond donors (Lipinski definition) is 0. The molecule has 1 aliphatic heterocycles. The molecule has 0 N–H and O–H groups in total. The second-order valence-corrected chi connectivity index (χ2v) is 12.9. The molecule has 1 aliphatic carbocycles. The molecule has 1 saturated carbocycles. The number of piperidine rings is 1. The standard InChI is InChI=1S/C30H31ClN6O3S/c1-16-10-32-12-25(34-16)17-6-7-19(24(31)9-17)20-8-18-11-33-28(41-5)35-26(18)37(27(20)38)15-23-21-13-36(14-22(21)23)29(39)40-30(2,3)4/h6-12,21-23H,13-15H2,1-5H3/t21-,22+,23-. The fourth-order valence-corrected chi connectivity index (χ4v) is 6.32. The number of hydrogen-bond acceptors (Lipinski definition) is 8. The van der Waals surface area contributed by atoms with E-state index in [4.69, 9.17) is 21.3 Å². The summed E-state index contributed by atoms with van der Waals surface area (Å²) in [5, 5.41) is 1.82. The van der Waals surface area contributed by atoms with E-state index in [1.165, 1.54) is 11.8 Å². The number of thioether (sulfide) groups is 1. The molecule has 2 aliphatic rings. The SMILES string of the molecule is CSc1ncc2cc(-c3ccc(-c4cncc(C)n4)cc3Cl)c(=O)n(C[C@@H]3[C@@H]4CN(C(=O)OC(C)(C)C)C[C@@H]43)c2n1. The zero-order valence-corrected chi connectivity index (χ0v) is 25.2. The van der Waals surface area contributed by atoms with E-state index in [0.717, 1.165) is 16.6 Å². The van der Waals surface area contributed by atoms with Gasteiger partial charge in [0.25, 0.3) is 5.56 Å². The Hall–Kier alpha value is -3.50. The number of carbonyl (C=O) groups excluding carboxylic acids is 1. The normalized spacial score (nSPS) is 19.9. The third-order valence-corrected chi connectivity index (χ3v) is 8.59. The first-order chi connectivity index (χ1) is 19.5. The van der Waals surface area contributed by atoms with Gasteiger partial charge in [-0.15, -0.1) is 0 Å². The van der Waals surface area contributed by atoms with Crippen molar-refractivity contribution < 1.29 is 9.53 Å². The molecular weight excluding hydrogens is 560 g/mol. The van der Waals surface area contributed by atoms with E-state index in [-0.39, 0.29) is 17.6 Å². The van der Waals surface area contributed by atoms with Gasteiger partial charge in [-0.3, -0.25) is 14.3 Å². The third kappa shape index (κ3) is 5.42. The summed E-state index contributed by atoms with van der Waals surface area (Å²) in [6.07, 6.45) is 6.79. The maximum Gasteiger partial charge on any atom is 0.410 e. The zero-order valence-electron chi connectivity index (χ0n) is 23.6. The first-order valence-electron chi connectivity index (χ1n) is 13.5. The van der Waals surface area contributed by atoms with Crippen molar-refractivity contribution in [2.45, 2.75) is 45.0 Å². The Bertz CT molecular complexity index is 1720. The van der Waals surface area contributed by atoms with Gasteiger partial charge in [0.2, 0.25) is 0 Å². The van der Waals surface area contributed by atoms with Crippen LogP contribution in [0, 0.1) is 24.7 Å². The molecule has 0 unspecified atom stereocenters. The number of nitrogens with zero attached hydrogens (tertiary/aromatic N) is 6. The van der Waals surface area contributed by atoms with Gasteiger partial charge < -0.3 is 9.64 Å². The minimum atomic E-state index is -0.530. The summed E-state index contributed by atoms with van der Waals surface area (Å²) in [4.78, 5) is 46.4. The van der Waals surface area contributed by atoms with Crippen LogP contribution in [0.25, 0.3) is 33.4 Å². The minimum absolute atomic E-state index is 0.151. The quantitative estimate of drug-likeness (QED) is 0.215. The lowest BCUT2D eigenvalue weighted by atomic mass is 10.0. The van der Waals surface area contributed by atoms with Gasteiger partial charge in [0, 0.05) is 59.1 Å². The van der Waals surface area contributed by atoms with Crippen molar-refractivity contribution in [3.05, 3.63) is 63.9 Å². The molecule has 3 aromatic heterocycles. The molecule has 1 amide bonds. The number of likely N-dealkylation sites (tertiary alicyclic amines) is 1. The lowest BCUT2D eigenvalue weighted by Gasteiger charge is -2.26. The minimum Gasteiger partial charge on any atom is -0.444 e. The van der Waals surface area contributed by atoms with Crippen LogP contribution < -0.4 is 5.56 Å². The smallest absolute Gasteiger partial charge is 0.410 e. The van der Waals surface area contributed by atoms with E-state index in [1.54, 1.807) is 28.1 Å². The molecule has 4 heterocycles. The predicted octanol–water partition coefficient (Wildman–Crippen LogP) is 5.71. The first-order valence-corrected chi connectivity index (χ1v) is 15.1. The Morgan fingerprint density at radius 1 is 1.10 bits per heavy atom. The second kappa shape index (κ2) is 10.4. The van der Waals surface area contributed by atoms with Gasteiger partial charge in [-0.2, -0.15) is 0 Å². The fraction of sp³-hybridized carbons (Fsp3) is 0.400. The molecule has 6 rings (SSSR count). The molecular formula is C30H31ClN6O3S. The van der Waals surface area contributed by atoms with Gasteiger partial charge >= 0.3 is 6.09 Å². The van der Waals surface area contributed by atoms with E-state index in [0.29, 0.717) is 64.1 Å². The van der Waals surface area contributed by atoms with Crippen molar-refractivity contribution in [1.29, 1.82) is 0 Å². The molecule has 0 radical (unpaired) electrons. The Morgan fingerprint density at radius 2 is 1.85 bits per heavy atom. The molecule has 1 aromatic carbocycles. The van der Waals surface area contributed by atoms with E-state index in [1.807, 2.05) is 58.2 Å². The number of ether oxygens (including phenoxy) is 1. The van der Waals surface area contributed by atoms with Crippen molar-refractivity contribution in [1.82, 2.24) is 29.4 Å². The number of aromatic nitrogens is 5. The summed E-state index contributed by atoms with van der Waals surface area (Å²) < 4.78 is 7.32. The van der Waals surface area contributed by atoms with Crippen LogP contribution in [0.5, 0.6) is 0 Å². The van der Waals surface area contributed by atoms with Crippen LogP contribution in [0.4, 0.5) is 4.79 Å². The van der Waals surface area contributed by atoms with Crippen LogP contribution >= 0.6 is 23.4 Å².